The molecule has 0 rings (SSSR count). The molecule has 0 unspecified atom stereocenters. The molecule has 2 heteroatoms. The van der Waals surface area contributed by atoms with Crippen molar-refractivity contribution in [3.63, 3.8) is 0 Å². The van der Waals surface area contributed by atoms with Crippen LogP contribution in [0.5, 0.6) is 0 Å². The molecule has 16 heavy (non-hydrogen) atoms. The molecule has 0 aromatic rings. The van der Waals surface area contributed by atoms with Crippen LogP contribution in [0.25, 0.3) is 0 Å². The lowest BCUT2D eigenvalue weighted by Crippen LogP contribution is -2.26. The van der Waals surface area contributed by atoms with Crippen molar-refractivity contribution in [1.29, 1.82) is 0 Å². The summed E-state index contributed by atoms with van der Waals surface area (Å²) < 4.78 is 0. The third kappa shape index (κ3) is 10.4. The predicted molar refractivity (Wildman–Crippen MR) is 71.5 cm³/mol. The van der Waals surface area contributed by atoms with Gasteiger partial charge in [0.2, 0.25) is 0 Å². The Kier molecular flexibility index (Phi) is 12.9. The third-order valence-electron chi connectivity index (χ3n) is 2.83. The number of hydroxylamine groups is 2. The molecule has 0 aliphatic carbocycles. The highest BCUT2D eigenvalue weighted by atomic mass is 16.7. The summed E-state index contributed by atoms with van der Waals surface area (Å²) in [6, 6.07) is 0. The van der Waals surface area contributed by atoms with Crippen molar-refractivity contribution in [1.82, 2.24) is 5.06 Å². The molecule has 0 N–H and O–H groups in total. The van der Waals surface area contributed by atoms with Crippen LogP contribution in [0.2, 0.25) is 0 Å². The Morgan fingerprint density at radius 1 is 0.688 bits per heavy atom. The van der Waals surface area contributed by atoms with Crippen molar-refractivity contribution < 1.29 is 4.84 Å². The quantitative estimate of drug-likeness (QED) is 0.363. The van der Waals surface area contributed by atoms with Crippen LogP contribution in [0.3, 0.4) is 0 Å². The summed E-state index contributed by atoms with van der Waals surface area (Å²) >= 11 is 0. The van der Waals surface area contributed by atoms with Crippen LogP contribution in [0.1, 0.15) is 72.1 Å². The zero-order chi connectivity index (χ0) is 12.1. The van der Waals surface area contributed by atoms with Crippen LogP contribution in [0.15, 0.2) is 0 Å². The lowest BCUT2D eigenvalue weighted by Gasteiger charge is -2.20. The van der Waals surface area contributed by atoms with Gasteiger partial charge in [0.05, 0.1) is 6.61 Å². The van der Waals surface area contributed by atoms with E-state index >= 15 is 0 Å². The molecule has 0 aromatic carbocycles. The largest absolute Gasteiger partial charge is 0.299 e. The fourth-order valence-electron chi connectivity index (χ4n) is 1.85. The predicted octanol–water partition coefficient (Wildman–Crippen LogP) is 4.40. The fraction of sp³-hybridized carbons (Fsp3) is 1.00. The molecule has 0 saturated carbocycles. The highest BCUT2D eigenvalue weighted by molar-refractivity contribution is 4.50. The normalized spacial score (nSPS) is 11.2. The Labute approximate surface area is 102 Å². The minimum Gasteiger partial charge on any atom is -0.299 e. The lowest BCUT2D eigenvalue weighted by molar-refractivity contribution is -0.155. The Bertz CT molecular complexity index is 116. The van der Waals surface area contributed by atoms with Gasteiger partial charge in [-0.1, -0.05) is 52.4 Å². The van der Waals surface area contributed by atoms with Crippen molar-refractivity contribution in [2.24, 2.45) is 0 Å². The van der Waals surface area contributed by atoms with Gasteiger partial charge in [-0.15, -0.1) is 0 Å². The monoisotopic (exact) mass is 229 g/mol. The van der Waals surface area contributed by atoms with E-state index in [9.17, 15) is 0 Å². The van der Waals surface area contributed by atoms with Gasteiger partial charge in [0.1, 0.15) is 0 Å². The van der Waals surface area contributed by atoms with Gasteiger partial charge in [-0.25, -0.2) is 0 Å². The zero-order valence-electron chi connectivity index (χ0n) is 11.6. The number of unbranched alkanes of at least 4 members (excludes halogenated alkanes) is 6. The second kappa shape index (κ2) is 13.0. The molecule has 0 spiro atoms. The van der Waals surface area contributed by atoms with Crippen molar-refractivity contribution in [2.75, 3.05) is 19.7 Å². The topological polar surface area (TPSA) is 12.5 Å². The molecule has 0 radical (unpaired) electrons. The number of rotatable bonds is 12. The van der Waals surface area contributed by atoms with E-state index in [1.54, 1.807) is 0 Å². The zero-order valence-corrected chi connectivity index (χ0v) is 11.6. The summed E-state index contributed by atoms with van der Waals surface area (Å²) in [4.78, 5) is 5.64. The van der Waals surface area contributed by atoms with Crippen molar-refractivity contribution in [2.45, 2.75) is 72.1 Å². The molecule has 0 atom stereocenters. The van der Waals surface area contributed by atoms with Crippen LogP contribution in [-0.2, 0) is 4.84 Å². The maximum Gasteiger partial charge on any atom is 0.0656 e. The van der Waals surface area contributed by atoms with E-state index in [0.717, 1.165) is 19.7 Å². The highest BCUT2D eigenvalue weighted by Crippen LogP contribution is 2.05. The van der Waals surface area contributed by atoms with E-state index in [-0.39, 0.29) is 0 Å². The van der Waals surface area contributed by atoms with Crippen LogP contribution in [-0.4, -0.2) is 24.8 Å². The van der Waals surface area contributed by atoms with E-state index in [2.05, 4.69) is 25.8 Å². The number of hydrogen-bond donors (Lipinski definition) is 0. The minimum absolute atomic E-state index is 0.807. The Morgan fingerprint density at radius 2 is 1.19 bits per heavy atom. The summed E-state index contributed by atoms with van der Waals surface area (Å²) in [5.41, 5.74) is 0. The second-order valence-corrected chi connectivity index (χ2v) is 4.47. The van der Waals surface area contributed by atoms with Crippen molar-refractivity contribution in [3.8, 4) is 0 Å². The van der Waals surface area contributed by atoms with Gasteiger partial charge in [-0.2, -0.15) is 5.06 Å². The maximum absolute atomic E-state index is 5.64. The molecule has 0 fully saturated rings. The van der Waals surface area contributed by atoms with Gasteiger partial charge in [-0.3, -0.25) is 4.84 Å². The van der Waals surface area contributed by atoms with E-state index < -0.39 is 0 Å². The van der Waals surface area contributed by atoms with E-state index in [1.807, 2.05) is 0 Å². The summed E-state index contributed by atoms with van der Waals surface area (Å²) in [5, 5.41) is 2.17. The molecule has 0 saturated heterocycles. The van der Waals surface area contributed by atoms with Crippen LogP contribution in [0.4, 0.5) is 0 Å². The van der Waals surface area contributed by atoms with Gasteiger partial charge in [-0.05, 0) is 19.8 Å². The average Bonchev–Trinajstić information content (AvgIpc) is 2.30. The van der Waals surface area contributed by atoms with Gasteiger partial charge in [0, 0.05) is 13.1 Å². The molecule has 0 aliphatic heterocycles. The molecule has 0 amide bonds. The highest BCUT2D eigenvalue weighted by Gasteiger charge is 2.03. The van der Waals surface area contributed by atoms with Gasteiger partial charge >= 0.3 is 0 Å². The Morgan fingerprint density at radius 3 is 1.56 bits per heavy atom. The lowest BCUT2D eigenvalue weighted by atomic mass is 10.2. The van der Waals surface area contributed by atoms with E-state index in [1.165, 1.54) is 51.4 Å². The first kappa shape index (κ1) is 15.9. The van der Waals surface area contributed by atoms with E-state index in [0.29, 0.717) is 0 Å². The first-order valence-electron chi connectivity index (χ1n) is 7.23. The maximum atomic E-state index is 5.64. The van der Waals surface area contributed by atoms with Crippen molar-refractivity contribution >= 4 is 0 Å². The van der Waals surface area contributed by atoms with Gasteiger partial charge in [0.25, 0.3) is 0 Å². The van der Waals surface area contributed by atoms with Gasteiger partial charge in [0.15, 0.2) is 0 Å². The molecule has 0 aliphatic rings. The third-order valence-corrected chi connectivity index (χ3v) is 2.83. The van der Waals surface area contributed by atoms with Gasteiger partial charge < -0.3 is 0 Å². The number of nitrogens with zero attached hydrogens (tertiary/aromatic N) is 1. The smallest absolute Gasteiger partial charge is 0.0656 e. The Balaban J connectivity index is 3.45. The molecule has 2 nitrogen and oxygen atoms in total. The number of hydrogen-bond acceptors (Lipinski definition) is 2. The molecule has 0 aromatic heterocycles. The van der Waals surface area contributed by atoms with Crippen LogP contribution in [0, 0.1) is 0 Å². The summed E-state index contributed by atoms with van der Waals surface area (Å²) in [5.74, 6) is 0. The Hall–Kier alpha value is -0.0800. The first-order chi connectivity index (χ1) is 7.85. The molecule has 98 valence electrons. The average molecular weight is 229 g/mol. The molecular weight excluding hydrogens is 198 g/mol. The van der Waals surface area contributed by atoms with Crippen molar-refractivity contribution in [3.05, 3.63) is 0 Å². The minimum atomic E-state index is 0.807. The summed E-state index contributed by atoms with van der Waals surface area (Å²) in [6.45, 7) is 9.61. The molecule has 0 bridgehead atoms. The summed E-state index contributed by atoms with van der Waals surface area (Å²) in [6.07, 6.45) is 10.6. The van der Waals surface area contributed by atoms with Crippen LogP contribution < -0.4 is 0 Å². The second-order valence-electron chi connectivity index (χ2n) is 4.47. The fourth-order valence-corrected chi connectivity index (χ4v) is 1.85. The molecule has 0 heterocycles. The van der Waals surface area contributed by atoms with E-state index in [4.69, 9.17) is 4.84 Å². The molecular formula is C14H31NO. The standard InChI is InChI=1S/C14H31NO/c1-4-7-9-11-13-15(16-6-3)14-12-10-8-5-2/h4-14H2,1-3H3. The first-order valence-corrected chi connectivity index (χ1v) is 7.23. The SMILES string of the molecule is CCCCCCN(CCCCCC)OCC. The summed E-state index contributed by atoms with van der Waals surface area (Å²) in [7, 11) is 0. The van der Waals surface area contributed by atoms with Crippen LogP contribution >= 0.6 is 0 Å².